The summed E-state index contributed by atoms with van der Waals surface area (Å²) in [4.78, 5) is 14.2. The summed E-state index contributed by atoms with van der Waals surface area (Å²) in [5.74, 6) is 0.442. The molecule has 0 spiro atoms. The molecule has 4 rings (SSSR count). The summed E-state index contributed by atoms with van der Waals surface area (Å²) in [6, 6.07) is 8.25. The van der Waals surface area contributed by atoms with Gasteiger partial charge in [0.25, 0.3) is 0 Å². The average Bonchev–Trinajstić information content (AvgIpc) is 2.86. The van der Waals surface area contributed by atoms with Gasteiger partial charge in [0.2, 0.25) is 11.2 Å². The lowest BCUT2D eigenvalue weighted by Gasteiger charge is -2.33. The van der Waals surface area contributed by atoms with Crippen LogP contribution in [0.2, 0.25) is 5.28 Å². The third-order valence-corrected chi connectivity index (χ3v) is 4.26. The van der Waals surface area contributed by atoms with Crippen molar-refractivity contribution in [3.63, 3.8) is 0 Å². The molecule has 7 heteroatoms. The number of benzene rings is 1. The molecule has 1 aromatic heterocycles. The van der Waals surface area contributed by atoms with Crippen molar-refractivity contribution in [2.45, 2.75) is 25.0 Å². The quantitative estimate of drug-likeness (QED) is 0.939. The molecule has 6 nitrogen and oxygen atoms in total. The van der Waals surface area contributed by atoms with Crippen LogP contribution in [0.15, 0.2) is 30.6 Å². The fourth-order valence-electron chi connectivity index (χ4n) is 3.05. The Labute approximate surface area is 133 Å². The Bertz CT molecular complexity index is 653. The van der Waals surface area contributed by atoms with Crippen LogP contribution in [0.25, 0.3) is 0 Å². The van der Waals surface area contributed by atoms with Crippen molar-refractivity contribution in [3.05, 3.63) is 35.9 Å². The summed E-state index contributed by atoms with van der Waals surface area (Å²) < 4.78 is 5.87. The van der Waals surface area contributed by atoms with E-state index < -0.39 is 0 Å². The number of nitrogens with zero attached hydrogens (tertiary/aromatic N) is 4. The van der Waals surface area contributed by atoms with Crippen LogP contribution in [-0.2, 0) is 4.74 Å². The van der Waals surface area contributed by atoms with Gasteiger partial charge in [-0.1, -0.05) is 0 Å². The molecule has 2 aliphatic rings. The zero-order valence-corrected chi connectivity index (χ0v) is 12.7. The van der Waals surface area contributed by atoms with E-state index in [0.717, 1.165) is 18.8 Å². The summed E-state index contributed by atoms with van der Waals surface area (Å²) >= 11 is 5.75. The van der Waals surface area contributed by atoms with E-state index in [1.54, 1.807) is 0 Å². The molecule has 1 N–H and O–H groups in total. The normalized spacial score (nSPS) is 23.6. The first-order chi connectivity index (χ1) is 10.8. The van der Waals surface area contributed by atoms with Crippen LogP contribution >= 0.6 is 11.6 Å². The van der Waals surface area contributed by atoms with Crippen molar-refractivity contribution < 1.29 is 4.74 Å². The number of hydrogen-bond donors (Lipinski definition) is 1. The number of anilines is 3. The number of hydrogen-bond acceptors (Lipinski definition) is 6. The van der Waals surface area contributed by atoms with E-state index in [-0.39, 0.29) is 5.28 Å². The van der Waals surface area contributed by atoms with Crippen molar-refractivity contribution in [2.24, 2.45) is 0 Å². The molecule has 2 bridgehead atoms. The maximum Gasteiger partial charge on any atom is 0.231 e. The van der Waals surface area contributed by atoms with Gasteiger partial charge < -0.3 is 15.0 Å². The molecule has 22 heavy (non-hydrogen) atoms. The molecule has 3 heterocycles. The van der Waals surface area contributed by atoms with Crippen LogP contribution < -0.4 is 10.2 Å². The first kappa shape index (κ1) is 13.7. The van der Waals surface area contributed by atoms with E-state index >= 15 is 0 Å². The molecule has 2 fully saturated rings. The van der Waals surface area contributed by atoms with Gasteiger partial charge in [-0.2, -0.15) is 4.98 Å². The SMILES string of the molecule is Clc1ncnc(Nc2ccc(N3CC4CCC(C3)O4)cc2)n1. The molecule has 0 radical (unpaired) electrons. The Morgan fingerprint density at radius 1 is 1.09 bits per heavy atom. The number of nitrogens with one attached hydrogen (secondary N) is 1. The summed E-state index contributed by atoms with van der Waals surface area (Å²) in [7, 11) is 0. The zero-order valence-electron chi connectivity index (χ0n) is 11.9. The third kappa shape index (κ3) is 2.84. The Morgan fingerprint density at radius 3 is 2.50 bits per heavy atom. The topological polar surface area (TPSA) is 63.2 Å². The highest BCUT2D eigenvalue weighted by Crippen LogP contribution is 2.30. The van der Waals surface area contributed by atoms with Crippen LogP contribution in [0, 0.1) is 0 Å². The van der Waals surface area contributed by atoms with Gasteiger partial charge in [0.15, 0.2) is 0 Å². The fraction of sp³-hybridized carbons (Fsp3) is 0.400. The highest BCUT2D eigenvalue weighted by molar-refractivity contribution is 6.28. The van der Waals surface area contributed by atoms with Crippen LogP contribution in [0.3, 0.4) is 0 Å². The van der Waals surface area contributed by atoms with Crippen molar-refractivity contribution in [1.82, 2.24) is 15.0 Å². The minimum Gasteiger partial charge on any atom is -0.371 e. The molecule has 0 amide bonds. The molecule has 0 aliphatic carbocycles. The number of fused-ring (bicyclic) bond motifs is 2. The lowest BCUT2D eigenvalue weighted by Crippen LogP contribution is -2.42. The van der Waals surface area contributed by atoms with Crippen LogP contribution in [0.1, 0.15) is 12.8 Å². The van der Waals surface area contributed by atoms with E-state index in [1.807, 2.05) is 12.1 Å². The van der Waals surface area contributed by atoms with Gasteiger partial charge in [-0.3, -0.25) is 0 Å². The molecular weight excluding hydrogens is 302 g/mol. The van der Waals surface area contributed by atoms with Gasteiger partial charge in [0, 0.05) is 24.5 Å². The summed E-state index contributed by atoms with van der Waals surface area (Å²) in [5, 5.41) is 3.29. The highest BCUT2D eigenvalue weighted by atomic mass is 35.5. The molecule has 2 unspecified atom stereocenters. The minimum atomic E-state index is 0.179. The monoisotopic (exact) mass is 317 g/mol. The van der Waals surface area contributed by atoms with Crippen LogP contribution in [-0.4, -0.2) is 40.2 Å². The van der Waals surface area contributed by atoms with Crippen molar-refractivity contribution in [3.8, 4) is 0 Å². The molecular formula is C15H16ClN5O. The first-order valence-electron chi connectivity index (χ1n) is 7.38. The lowest BCUT2D eigenvalue weighted by atomic mass is 10.2. The molecule has 0 saturated carbocycles. The summed E-state index contributed by atoms with van der Waals surface area (Å²) in [6.07, 6.45) is 4.53. The smallest absolute Gasteiger partial charge is 0.231 e. The number of rotatable bonds is 3. The van der Waals surface area contributed by atoms with Crippen LogP contribution in [0.5, 0.6) is 0 Å². The molecule has 2 aliphatic heterocycles. The van der Waals surface area contributed by atoms with Crippen LogP contribution in [0.4, 0.5) is 17.3 Å². The average molecular weight is 318 g/mol. The Balaban J connectivity index is 1.46. The predicted molar refractivity (Wildman–Crippen MR) is 84.7 cm³/mol. The molecule has 1 aromatic carbocycles. The summed E-state index contributed by atoms with van der Waals surface area (Å²) in [5.41, 5.74) is 2.14. The fourth-order valence-corrected chi connectivity index (χ4v) is 3.17. The Hall–Kier alpha value is -1.92. The van der Waals surface area contributed by atoms with Crippen molar-refractivity contribution in [2.75, 3.05) is 23.3 Å². The second-order valence-corrected chi connectivity index (χ2v) is 5.95. The standard InChI is InChI=1S/C15H16ClN5O/c16-14-17-9-18-15(20-14)19-10-1-3-11(4-2-10)21-7-12-5-6-13(8-21)22-12/h1-4,9,12-13H,5-8H2,(H,17,18,19,20). The van der Waals surface area contributed by atoms with Gasteiger partial charge in [-0.25, -0.2) is 9.97 Å². The number of aromatic nitrogens is 3. The van der Waals surface area contributed by atoms with E-state index in [9.17, 15) is 0 Å². The lowest BCUT2D eigenvalue weighted by molar-refractivity contribution is 0.0305. The molecule has 2 aromatic rings. The van der Waals surface area contributed by atoms with Gasteiger partial charge in [0.1, 0.15) is 6.33 Å². The molecule has 2 atom stereocenters. The van der Waals surface area contributed by atoms with E-state index in [4.69, 9.17) is 16.3 Å². The Kier molecular flexibility index (Phi) is 3.56. The van der Waals surface area contributed by atoms with E-state index in [2.05, 4.69) is 37.3 Å². The second-order valence-electron chi connectivity index (χ2n) is 5.61. The third-order valence-electron chi connectivity index (χ3n) is 4.07. The molecule has 2 saturated heterocycles. The minimum absolute atomic E-state index is 0.179. The van der Waals surface area contributed by atoms with Gasteiger partial charge in [-0.05, 0) is 48.7 Å². The summed E-state index contributed by atoms with van der Waals surface area (Å²) in [6.45, 7) is 1.96. The van der Waals surface area contributed by atoms with Gasteiger partial charge in [-0.15, -0.1) is 0 Å². The van der Waals surface area contributed by atoms with E-state index in [1.165, 1.54) is 24.9 Å². The Morgan fingerprint density at radius 2 is 1.82 bits per heavy atom. The maximum absolute atomic E-state index is 5.87. The number of morpholine rings is 1. The second kappa shape index (κ2) is 5.70. The predicted octanol–water partition coefficient (Wildman–Crippen LogP) is 2.64. The van der Waals surface area contributed by atoms with Gasteiger partial charge >= 0.3 is 0 Å². The zero-order chi connectivity index (χ0) is 14.9. The largest absolute Gasteiger partial charge is 0.371 e. The van der Waals surface area contributed by atoms with Crippen molar-refractivity contribution >= 4 is 28.9 Å². The number of halogens is 1. The maximum atomic E-state index is 5.87. The van der Waals surface area contributed by atoms with Gasteiger partial charge in [0.05, 0.1) is 12.2 Å². The highest BCUT2D eigenvalue weighted by Gasteiger charge is 2.33. The van der Waals surface area contributed by atoms with E-state index in [0.29, 0.717) is 18.2 Å². The number of ether oxygens (including phenoxy) is 1. The molecule has 114 valence electrons. The first-order valence-corrected chi connectivity index (χ1v) is 7.76. The van der Waals surface area contributed by atoms with Crippen molar-refractivity contribution in [1.29, 1.82) is 0 Å².